The molecule has 0 saturated heterocycles. The van der Waals surface area contributed by atoms with Crippen molar-refractivity contribution in [1.82, 2.24) is 5.32 Å². The molecule has 0 heterocycles. The molecule has 4 heteroatoms. The third-order valence-corrected chi connectivity index (χ3v) is 3.99. The molecule has 0 aromatic heterocycles. The van der Waals surface area contributed by atoms with Crippen molar-refractivity contribution < 1.29 is 9.90 Å². The third kappa shape index (κ3) is 4.43. The van der Waals surface area contributed by atoms with Crippen molar-refractivity contribution >= 4 is 17.5 Å². The van der Waals surface area contributed by atoms with E-state index < -0.39 is 0 Å². The van der Waals surface area contributed by atoms with Gasteiger partial charge in [0, 0.05) is 12.1 Å². The van der Waals surface area contributed by atoms with E-state index in [1.807, 2.05) is 0 Å². The second-order valence-electron chi connectivity index (χ2n) is 4.80. The van der Waals surface area contributed by atoms with E-state index in [0.29, 0.717) is 23.6 Å². The Balaban J connectivity index is 2.58. The number of benzene rings is 1. The number of phenols is 1. The first-order valence-corrected chi connectivity index (χ1v) is 7.15. The maximum atomic E-state index is 12.0. The van der Waals surface area contributed by atoms with Crippen molar-refractivity contribution in [3.8, 4) is 5.75 Å². The van der Waals surface area contributed by atoms with Gasteiger partial charge in [-0.15, -0.1) is 11.6 Å². The number of phenolic OH excluding ortho intramolecular Hbond substituents is 1. The number of alkyl halides is 1. The van der Waals surface area contributed by atoms with Crippen LogP contribution in [0.3, 0.4) is 0 Å². The smallest absolute Gasteiger partial charge is 0.251 e. The van der Waals surface area contributed by atoms with Crippen LogP contribution in [0.4, 0.5) is 0 Å². The average molecular weight is 284 g/mol. The van der Waals surface area contributed by atoms with Crippen molar-refractivity contribution in [1.29, 1.82) is 0 Å². The molecule has 1 atom stereocenters. The standard InChI is InChI=1S/C15H22ClNO2/c1-4-11(5-2)13(16)9-17-15(19)12-6-7-14(18)10(3)8-12/h6-8,11,13,18H,4-5,9H2,1-3H3,(H,17,19). The molecular formula is C15H22ClNO2. The van der Waals surface area contributed by atoms with Gasteiger partial charge in [0.2, 0.25) is 0 Å². The van der Waals surface area contributed by atoms with E-state index in [2.05, 4.69) is 19.2 Å². The Morgan fingerprint density at radius 3 is 2.53 bits per heavy atom. The highest BCUT2D eigenvalue weighted by atomic mass is 35.5. The quantitative estimate of drug-likeness (QED) is 0.786. The summed E-state index contributed by atoms with van der Waals surface area (Å²) < 4.78 is 0. The summed E-state index contributed by atoms with van der Waals surface area (Å²) in [6.45, 7) is 6.44. The first kappa shape index (κ1) is 15.8. The van der Waals surface area contributed by atoms with E-state index in [4.69, 9.17) is 11.6 Å². The molecule has 0 aliphatic heterocycles. The normalized spacial score (nSPS) is 12.5. The predicted octanol–water partition coefficient (Wildman–Crippen LogP) is 3.47. The van der Waals surface area contributed by atoms with E-state index in [1.165, 1.54) is 6.07 Å². The van der Waals surface area contributed by atoms with Crippen LogP contribution in [0.1, 0.15) is 42.6 Å². The molecule has 3 nitrogen and oxygen atoms in total. The van der Waals surface area contributed by atoms with Crippen molar-refractivity contribution in [3.05, 3.63) is 29.3 Å². The average Bonchev–Trinajstić information content (AvgIpc) is 2.40. The Labute approximate surface area is 120 Å². The monoisotopic (exact) mass is 283 g/mol. The molecule has 1 aromatic rings. The molecule has 2 N–H and O–H groups in total. The lowest BCUT2D eigenvalue weighted by Crippen LogP contribution is -2.33. The molecule has 0 radical (unpaired) electrons. The zero-order valence-corrected chi connectivity index (χ0v) is 12.5. The molecule has 1 amide bonds. The molecular weight excluding hydrogens is 262 g/mol. The van der Waals surface area contributed by atoms with E-state index in [1.54, 1.807) is 19.1 Å². The minimum atomic E-state index is -0.153. The lowest BCUT2D eigenvalue weighted by molar-refractivity contribution is 0.0951. The van der Waals surface area contributed by atoms with Gasteiger partial charge in [-0.1, -0.05) is 26.7 Å². The second-order valence-corrected chi connectivity index (χ2v) is 5.36. The highest BCUT2D eigenvalue weighted by Crippen LogP contribution is 2.19. The van der Waals surface area contributed by atoms with Crippen LogP contribution in [-0.4, -0.2) is 22.9 Å². The summed E-state index contributed by atoms with van der Waals surface area (Å²) in [4.78, 5) is 12.0. The van der Waals surface area contributed by atoms with Gasteiger partial charge in [0.05, 0.1) is 5.38 Å². The van der Waals surface area contributed by atoms with Gasteiger partial charge < -0.3 is 10.4 Å². The van der Waals surface area contributed by atoms with Gasteiger partial charge in [0.15, 0.2) is 0 Å². The Kier molecular flexibility index (Phi) is 6.16. The lowest BCUT2D eigenvalue weighted by atomic mass is 9.99. The van der Waals surface area contributed by atoms with Crippen molar-refractivity contribution in [2.24, 2.45) is 5.92 Å². The number of carbonyl (C=O) groups excluding carboxylic acids is 1. The van der Waals surface area contributed by atoms with Crippen LogP contribution in [0.15, 0.2) is 18.2 Å². The van der Waals surface area contributed by atoms with Crippen molar-refractivity contribution in [2.45, 2.75) is 39.0 Å². The summed E-state index contributed by atoms with van der Waals surface area (Å²) in [7, 11) is 0. The van der Waals surface area contributed by atoms with Gasteiger partial charge in [-0.3, -0.25) is 4.79 Å². The third-order valence-electron chi connectivity index (χ3n) is 3.48. The maximum Gasteiger partial charge on any atom is 0.251 e. The summed E-state index contributed by atoms with van der Waals surface area (Å²) >= 11 is 6.28. The van der Waals surface area contributed by atoms with Gasteiger partial charge in [0.1, 0.15) is 5.75 Å². The summed E-state index contributed by atoms with van der Waals surface area (Å²) in [5.41, 5.74) is 1.23. The van der Waals surface area contributed by atoms with E-state index in [9.17, 15) is 9.90 Å². The molecule has 0 bridgehead atoms. The zero-order valence-electron chi connectivity index (χ0n) is 11.7. The second kappa shape index (κ2) is 7.39. The topological polar surface area (TPSA) is 49.3 Å². The maximum absolute atomic E-state index is 12.0. The Morgan fingerprint density at radius 2 is 2.00 bits per heavy atom. The predicted molar refractivity (Wildman–Crippen MR) is 78.9 cm³/mol. The molecule has 0 aliphatic rings. The first-order valence-electron chi connectivity index (χ1n) is 6.71. The number of halogens is 1. The van der Waals surface area contributed by atoms with E-state index in [0.717, 1.165) is 12.8 Å². The highest BCUT2D eigenvalue weighted by Gasteiger charge is 2.17. The molecule has 106 valence electrons. The summed E-state index contributed by atoms with van der Waals surface area (Å²) in [5.74, 6) is 0.465. The van der Waals surface area contributed by atoms with Gasteiger partial charge in [-0.25, -0.2) is 0 Å². The number of aryl methyl sites for hydroxylation is 1. The number of carbonyl (C=O) groups is 1. The number of nitrogens with one attached hydrogen (secondary N) is 1. The number of aromatic hydroxyl groups is 1. The number of hydrogen-bond acceptors (Lipinski definition) is 2. The van der Waals surface area contributed by atoms with Crippen molar-refractivity contribution in [3.63, 3.8) is 0 Å². The van der Waals surface area contributed by atoms with Crippen molar-refractivity contribution in [2.75, 3.05) is 6.54 Å². The minimum Gasteiger partial charge on any atom is -0.508 e. The molecule has 1 rings (SSSR count). The van der Waals surface area contributed by atoms with Crippen LogP contribution < -0.4 is 5.32 Å². The largest absolute Gasteiger partial charge is 0.508 e. The zero-order chi connectivity index (χ0) is 14.4. The van der Waals surface area contributed by atoms with Crippen LogP contribution in [0.5, 0.6) is 5.75 Å². The fourth-order valence-electron chi connectivity index (χ4n) is 2.06. The van der Waals surface area contributed by atoms with Gasteiger partial charge in [0.25, 0.3) is 5.91 Å². The van der Waals surface area contributed by atoms with Gasteiger partial charge >= 0.3 is 0 Å². The number of amides is 1. The molecule has 19 heavy (non-hydrogen) atoms. The number of rotatable bonds is 6. The Bertz CT molecular complexity index is 430. The van der Waals surface area contributed by atoms with E-state index in [-0.39, 0.29) is 17.0 Å². The lowest BCUT2D eigenvalue weighted by Gasteiger charge is -2.19. The SMILES string of the molecule is CCC(CC)C(Cl)CNC(=O)c1ccc(O)c(C)c1. The number of hydrogen-bond donors (Lipinski definition) is 2. The van der Waals surface area contributed by atoms with Gasteiger partial charge in [-0.05, 0) is 36.6 Å². The fraction of sp³-hybridized carbons (Fsp3) is 0.533. The molecule has 1 aromatic carbocycles. The van der Waals surface area contributed by atoms with Crippen LogP contribution in [0.25, 0.3) is 0 Å². The van der Waals surface area contributed by atoms with Crippen LogP contribution in [0.2, 0.25) is 0 Å². The van der Waals surface area contributed by atoms with Crippen LogP contribution >= 0.6 is 11.6 Å². The Hall–Kier alpha value is -1.22. The highest BCUT2D eigenvalue weighted by molar-refractivity contribution is 6.21. The fourth-order valence-corrected chi connectivity index (χ4v) is 2.49. The summed E-state index contributed by atoms with van der Waals surface area (Å²) in [6.07, 6.45) is 2.03. The van der Waals surface area contributed by atoms with Crippen LogP contribution in [-0.2, 0) is 0 Å². The molecule has 0 aliphatic carbocycles. The molecule has 1 unspecified atom stereocenters. The Morgan fingerprint density at radius 1 is 1.37 bits per heavy atom. The summed E-state index contributed by atoms with van der Waals surface area (Å²) in [5, 5.41) is 12.2. The van der Waals surface area contributed by atoms with Gasteiger partial charge in [-0.2, -0.15) is 0 Å². The molecule has 0 fully saturated rings. The minimum absolute atomic E-state index is 0.0443. The molecule has 0 saturated carbocycles. The molecule has 0 spiro atoms. The van der Waals surface area contributed by atoms with E-state index >= 15 is 0 Å². The first-order chi connectivity index (χ1) is 8.99. The van der Waals surface area contributed by atoms with Crippen LogP contribution in [0, 0.1) is 12.8 Å². The summed E-state index contributed by atoms with van der Waals surface area (Å²) in [6, 6.07) is 4.81.